The predicted molar refractivity (Wildman–Crippen MR) is 78.8 cm³/mol. The minimum absolute atomic E-state index is 0.0662. The average Bonchev–Trinajstić information content (AvgIpc) is 3.22. The molecule has 1 heterocycles. The molecule has 2 aromatic rings. The molecule has 0 unspecified atom stereocenters. The highest BCUT2D eigenvalue weighted by atomic mass is 79.9. The van der Waals surface area contributed by atoms with E-state index < -0.39 is 5.97 Å². The van der Waals surface area contributed by atoms with Crippen molar-refractivity contribution in [2.24, 2.45) is 0 Å². The first-order chi connectivity index (χ1) is 10.1. The summed E-state index contributed by atoms with van der Waals surface area (Å²) in [6.45, 7) is 0.462. The maximum absolute atomic E-state index is 11.2. The quantitative estimate of drug-likeness (QED) is 0.895. The van der Waals surface area contributed by atoms with Crippen LogP contribution in [0, 0.1) is 0 Å². The van der Waals surface area contributed by atoms with E-state index in [0.717, 1.165) is 34.3 Å². The Morgan fingerprint density at radius 3 is 2.90 bits per heavy atom. The number of ether oxygens (including phenoxy) is 1. The molecule has 110 valence electrons. The molecule has 7 heteroatoms. The van der Waals surface area contributed by atoms with Crippen molar-refractivity contribution < 1.29 is 14.6 Å². The van der Waals surface area contributed by atoms with Gasteiger partial charge in [0.15, 0.2) is 5.69 Å². The van der Waals surface area contributed by atoms with Gasteiger partial charge < -0.3 is 9.84 Å². The normalized spacial score (nSPS) is 14.2. The highest BCUT2D eigenvalue weighted by Crippen LogP contribution is 2.41. The fraction of sp³-hybridized carbons (Fsp3) is 0.357. The molecule has 1 aliphatic carbocycles. The summed E-state index contributed by atoms with van der Waals surface area (Å²) in [5.41, 5.74) is 1.76. The van der Waals surface area contributed by atoms with Gasteiger partial charge >= 0.3 is 5.97 Å². The molecule has 1 saturated carbocycles. The van der Waals surface area contributed by atoms with Crippen molar-refractivity contribution in [3.05, 3.63) is 39.6 Å². The summed E-state index contributed by atoms with van der Waals surface area (Å²) in [5.74, 6) is -0.0110. The number of carboxylic acid groups (broad SMARTS) is 1. The Hall–Kier alpha value is -1.89. The zero-order valence-corrected chi connectivity index (χ0v) is 13.0. The van der Waals surface area contributed by atoms with Gasteiger partial charge in [0.2, 0.25) is 0 Å². The lowest BCUT2D eigenvalue weighted by molar-refractivity contribution is 0.0689. The first-order valence-corrected chi connectivity index (χ1v) is 7.38. The van der Waals surface area contributed by atoms with E-state index in [4.69, 9.17) is 4.74 Å². The lowest BCUT2D eigenvalue weighted by Crippen LogP contribution is -2.09. The fourth-order valence-electron chi connectivity index (χ4n) is 2.31. The summed E-state index contributed by atoms with van der Waals surface area (Å²) in [4.78, 5) is 11.2. The second-order valence-corrected chi connectivity index (χ2v) is 5.87. The first-order valence-electron chi connectivity index (χ1n) is 6.59. The third kappa shape index (κ3) is 2.78. The van der Waals surface area contributed by atoms with E-state index in [0.29, 0.717) is 6.54 Å². The molecule has 1 fully saturated rings. The zero-order chi connectivity index (χ0) is 15.0. The van der Waals surface area contributed by atoms with Gasteiger partial charge in [0.05, 0.1) is 19.3 Å². The van der Waals surface area contributed by atoms with Crippen molar-refractivity contribution in [2.45, 2.75) is 25.3 Å². The molecule has 0 bridgehead atoms. The largest absolute Gasteiger partial charge is 0.497 e. The van der Waals surface area contributed by atoms with Crippen molar-refractivity contribution >= 4 is 21.9 Å². The first kappa shape index (κ1) is 14.1. The Labute approximate surface area is 129 Å². The van der Waals surface area contributed by atoms with E-state index in [1.807, 2.05) is 18.2 Å². The van der Waals surface area contributed by atoms with Gasteiger partial charge in [-0.25, -0.2) is 9.48 Å². The lowest BCUT2D eigenvalue weighted by atomic mass is 10.2. The number of nitrogens with zero attached hydrogens (tertiary/aromatic N) is 3. The number of aromatic carboxylic acids is 1. The standard InChI is InChI=1S/C14H14BrN3O3/c1-21-10-4-5-11(15)9(6-10)7-18-13(8-2-3-8)12(14(19)20)16-17-18/h4-6,8H,2-3,7H2,1H3,(H,19,20). The molecule has 1 aromatic heterocycles. The molecule has 1 aromatic carbocycles. The number of hydrogen-bond donors (Lipinski definition) is 1. The predicted octanol–water partition coefficient (Wildman–Crippen LogP) is 2.67. The zero-order valence-electron chi connectivity index (χ0n) is 11.4. The van der Waals surface area contributed by atoms with Crippen molar-refractivity contribution in [3.63, 3.8) is 0 Å². The summed E-state index contributed by atoms with van der Waals surface area (Å²) in [6, 6.07) is 5.67. The molecule has 0 radical (unpaired) electrons. The van der Waals surface area contributed by atoms with Crippen LogP contribution >= 0.6 is 15.9 Å². The number of rotatable bonds is 5. The average molecular weight is 352 g/mol. The van der Waals surface area contributed by atoms with Crippen LogP contribution in [-0.4, -0.2) is 33.2 Å². The Kier molecular flexibility index (Phi) is 3.67. The van der Waals surface area contributed by atoms with Gasteiger partial charge in [0.1, 0.15) is 5.75 Å². The number of hydrogen-bond acceptors (Lipinski definition) is 4. The molecular formula is C14H14BrN3O3. The van der Waals surface area contributed by atoms with E-state index in [1.54, 1.807) is 11.8 Å². The van der Waals surface area contributed by atoms with Crippen LogP contribution in [0.5, 0.6) is 5.75 Å². The van der Waals surface area contributed by atoms with Crippen LogP contribution in [-0.2, 0) is 6.54 Å². The maximum atomic E-state index is 11.2. The maximum Gasteiger partial charge on any atom is 0.358 e. The molecule has 1 N–H and O–H groups in total. The Morgan fingerprint density at radius 1 is 1.52 bits per heavy atom. The van der Waals surface area contributed by atoms with Crippen LogP contribution in [0.25, 0.3) is 0 Å². The molecule has 3 rings (SSSR count). The fourth-order valence-corrected chi connectivity index (χ4v) is 2.68. The van der Waals surface area contributed by atoms with Gasteiger partial charge in [-0.1, -0.05) is 21.1 Å². The molecule has 0 amide bonds. The number of carboxylic acids is 1. The number of carbonyl (C=O) groups is 1. The van der Waals surface area contributed by atoms with E-state index in [2.05, 4.69) is 26.2 Å². The Bertz CT molecular complexity index is 695. The molecule has 0 atom stereocenters. The van der Waals surface area contributed by atoms with E-state index in [1.165, 1.54) is 0 Å². The highest BCUT2D eigenvalue weighted by molar-refractivity contribution is 9.10. The highest BCUT2D eigenvalue weighted by Gasteiger charge is 2.33. The summed E-state index contributed by atoms with van der Waals surface area (Å²) in [7, 11) is 1.61. The number of methoxy groups -OCH3 is 1. The van der Waals surface area contributed by atoms with Crippen LogP contribution in [0.15, 0.2) is 22.7 Å². The van der Waals surface area contributed by atoms with Crippen LogP contribution in [0.3, 0.4) is 0 Å². The number of aromatic nitrogens is 3. The van der Waals surface area contributed by atoms with Crippen LogP contribution < -0.4 is 4.74 Å². The van der Waals surface area contributed by atoms with Gasteiger partial charge in [-0.15, -0.1) is 5.10 Å². The summed E-state index contributed by atoms with van der Waals surface area (Å²) < 4.78 is 7.83. The summed E-state index contributed by atoms with van der Waals surface area (Å²) in [6.07, 6.45) is 1.99. The summed E-state index contributed by atoms with van der Waals surface area (Å²) >= 11 is 3.50. The van der Waals surface area contributed by atoms with Gasteiger partial charge in [0, 0.05) is 10.4 Å². The summed E-state index contributed by atoms with van der Waals surface area (Å²) in [5, 5.41) is 17.0. The second-order valence-electron chi connectivity index (χ2n) is 5.02. The SMILES string of the molecule is COc1ccc(Br)c(Cn2nnc(C(=O)O)c2C2CC2)c1. The van der Waals surface area contributed by atoms with Crippen molar-refractivity contribution in [3.8, 4) is 5.75 Å². The molecule has 0 saturated heterocycles. The molecule has 6 nitrogen and oxygen atoms in total. The van der Waals surface area contributed by atoms with Gasteiger partial charge in [0.25, 0.3) is 0 Å². The number of halogens is 1. The molecular weight excluding hydrogens is 338 g/mol. The van der Waals surface area contributed by atoms with Gasteiger partial charge in [-0.3, -0.25) is 0 Å². The van der Waals surface area contributed by atoms with Crippen LogP contribution in [0.4, 0.5) is 0 Å². The second kappa shape index (κ2) is 5.48. The molecule has 1 aliphatic rings. The Morgan fingerprint density at radius 2 is 2.29 bits per heavy atom. The smallest absolute Gasteiger partial charge is 0.358 e. The molecule has 21 heavy (non-hydrogen) atoms. The lowest BCUT2D eigenvalue weighted by Gasteiger charge is -2.09. The molecule has 0 spiro atoms. The van der Waals surface area contributed by atoms with Gasteiger partial charge in [-0.05, 0) is 36.6 Å². The van der Waals surface area contributed by atoms with Crippen molar-refractivity contribution in [1.29, 1.82) is 0 Å². The van der Waals surface area contributed by atoms with Crippen molar-refractivity contribution in [1.82, 2.24) is 15.0 Å². The van der Waals surface area contributed by atoms with E-state index >= 15 is 0 Å². The van der Waals surface area contributed by atoms with Crippen LogP contribution in [0.2, 0.25) is 0 Å². The molecule has 0 aliphatic heterocycles. The van der Waals surface area contributed by atoms with Gasteiger partial charge in [-0.2, -0.15) is 0 Å². The van der Waals surface area contributed by atoms with Crippen LogP contribution in [0.1, 0.15) is 40.5 Å². The minimum atomic E-state index is -1.02. The van der Waals surface area contributed by atoms with E-state index in [-0.39, 0.29) is 11.6 Å². The number of benzene rings is 1. The Balaban J connectivity index is 1.97. The third-order valence-corrected chi connectivity index (χ3v) is 4.29. The minimum Gasteiger partial charge on any atom is -0.497 e. The van der Waals surface area contributed by atoms with E-state index in [9.17, 15) is 9.90 Å². The van der Waals surface area contributed by atoms with Crippen molar-refractivity contribution in [2.75, 3.05) is 7.11 Å². The topological polar surface area (TPSA) is 77.2 Å². The monoisotopic (exact) mass is 351 g/mol. The third-order valence-electron chi connectivity index (χ3n) is 3.51.